The lowest BCUT2D eigenvalue weighted by atomic mass is 10.1. The first kappa shape index (κ1) is 11.9. The Morgan fingerprint density at radius 2 is 2.21 bits per heavy atom. The quantitative estimate of drug-likeness (QED) is 0.653. The summed E-state index contributed by atoms with van der Waals surface area (Å²) in [6, 6.07) is 0. The van der Waals surface area contributed by atoms with Crippen molar-refractivity contribution in [2.45, 2.75) is 25.4 Å². The van der Waals surface area contributed by atoms with E-state index in [9.17, 15) is 8.42 Å². The molecule has 1 aliphatic heterocycles. The van der Waals surface area contributed by atoms with Gasteiger partial charge in [-0.15, -0.1) is 0 Å². The van der Waals surface area contributed by atoms with Crippen LogP contribution >= 0.6 is 0 Å². The summed E-state index contributed by atoms with van der Waals surface area (Å²) in [7, 11) is -3.19. The Kier molecular flexibility index (Phi) is 4.80. The lowest BCUT2D eigenvalue weighted by molar-refractivity contribution is 0.0200. The minimum atomic E-state index is -3.19. The molecule has 0 bridgehead atoms. The molecule has 1 fully saturated rings. The molecule has 0 saturated carbocycles. The standard InChI is InChI=1S/C8H18N2O3S/c9-4-6-14(11,12)10-7-8-3-1-2-5-13-8/h8,10H,1-7,9H2. The van der Waals surface area contributed by atoms with E-state index in [-0.39, 0.29) is 18.4 Å². The van der Waals surface area contributed by atoms with E-state index >= 15 is 0 Å². The Morgan fingerprint density at radius 3 is 2.79 bits per heavy atom. The summed E-state index contributed by atoms with van der Waals surface area (Å²) in [5.41, 5.74) is 5.17. The third kappa shape index (κ3) is 4.36. The van der Waals surface area contributed by atoms with Crippen molar-refractivity contribution in [3.05, 3.63) is 0 Å². The number of nitrogens with two attached hydrogens (primary N) is 1. The van der Waals surface area contributed by atoms with E-state index in [1.165, 1.54) is 0 Å². The molecule has 14 heavy (non-hydrogen) atoms. The number of hydrogen-bond acceptors (Lipinski definition) is 4. The molecule has 0 radical (unpaired) electrons. The predicted molar refractivity (Wildman–Crippen MR) is 54.4 cm³/mol. The van der Waals surface area contributed by atoms with Gasteiger partial charge in [-0.05, 0) is 19.3 Å². The van der Waals surface area contributed by atoms with Gasteiger partial charge in [0, 0.05) is 19.7 Å². The highest BCUT2D eigenvalue weighted by molar-refractivity contribution is 7.89. The lowest BCUT2D eigenvalue weighted by Gasteiger charge is -2.22. The Labute approximate surface area is 85.1 Å². The molecule has 3 N–H and O–H groups in total. The second-order valence-corrected chi connectivity index (χ2v) is 5.37. The van der Waals surface area contributed by atoms with Gasteiger partial charge in [-0.1, -0.05) is 0 Å². The van der Waals surface area contributed by atoms with Gasteiger partial charge >= 0.3 is 0 Å². The summed E-state index contributed by atoms with van der Waals surface area (Å²) >= 11 is 0. The highest BCUT2D eigenvalue weighted by atomic mass is 32.2. The van der Waals surface area contributed by atoms with Crippen molar-refractivity contribution < 1.29 is 13.2 Å². The molecule has 0 aromatic carbocycles. The number of ether oxygens (including phenoxy) is 1. The van der Waals surface area contributed by atoms with Crippen LogP contribution in [0.4, 0.5) is 0 Å². The Morgan fingerprint density at radius 1 is 1.43 bits per heavy atom. The SMILES string of the molecule is NCCS(=O)(=O)NCC1CCCCO1. The van der Waals surface area contributed by atoms with E-state index in [4.69, 9.17) is 10.5 Å². The molecule has 5 nitrogen and oxygen atoms in total. The Hall–Kier alpha value is -0.170. The third-order valence-electron chi connectivity index (χ3n) is 2.19. The molecule has 1 unspecified atom stereocenters. The summed E-state index contributed by atoms with van der Waals surface area (Å²) in [4.78, 5) is 0. The topological polar surface area (TPSA) is 81.4 Å². The van der Waals surface area contributed by atoms with Gasteiger partial charge in [0.25, 0.3) is 0 Å². The molecule has 1 rings (SSSR count). The minimum absolute atomic E-state index is 0.0142. The van der Waals surface area contributed by atoms with Crippen LogP contribution in [0.5, 0.6) is 0 Å². The largest absolute Gasteiger partial charge is 0.377 e. The molecule has 1 aliphatic rings. The number of rotatable bonds is 5. The van der Waals surface area contributed by atoms with E-state index < -0.39 is 10.0 Å². The summed E-state index contributed by atoms with van der Waals surface area (Å²) in [5, 5.41) is 0. The zero-order valence-electron chi connectivity index (χ0n) is 8.24. The zero-order chi connectivity index (χ0) is 10.4. The summed E-state index contributed by atoms with van der Waals surface area (Å²) in [5.74, 6) is -0.0142. The molecule has 0 aliphatic carbocycles. The average molecular weight is 222 g/mol. The number of hydrogen-bond donors (Lipinski definition) is 2. The van der Waals surface area contributed by atoms with Crippen LogP contribution in [0.1, 0.15) is 19.3 Å². The average Bonchev–Trinajstić information content (AvgIpc) is 2.17. The second kappa shape index (κ2) is 5.65. The molecular formula is C8H18N2O3S. The third-order valence-corrected chi connectivity index (χ3v) is 3.57. The Balaban J connectivity index is 2.24. The minimum Gasteiger partial charge on any atom is -0.377 e. The second-order valence-electron chi connectivity index (χ2n) is 3.44. The van der Waals surface area contributed by atoms with Crippen molar-refractivity contribution in [2.24, 2.45) is 5.73 Å². The molecular weight excluding hydrogens is 204 g/mol. The predicted octanol–water partition coefficient (Wildman–Crippen LogP) is -0.566. The van der Waals surface area contributed by atoms with Gasteiger partial charge in [-0.2, -0.15) is 0 Å². The maximum Gasteiger partial charge on any atom is 0.212 e. The van der Waals surface area contributed by atoms with Gasteiger partial charge in [0.15, 0.2) is 0 Å². The van der Waals surface area contributed by atoms with Gasteiger partial charge < -0.3 is 10.5 Å². The van der Waals surface area contributed by atoms with E-state index in [1.807, 2.05) is 0 Å². The molecule has 1 heterocycles. The van der Waals surface area contributed by atoms with Crippen LogP contribution in [0.15, 0.2) is 0 Å². The van der Waals surface area contributed by atoms with Crippen molar-refractivity contribution in [3.63, 3.8) is 0 Å². The number of sulfonamides is 1. The Bertz CT molecular complexity index is 247. The molecule has 1 atom stereocenters. The highest BCUT2D eigenvalue weighted by Gasteiger charge is 2.16. The van der Waals surface area contributed by atoms with Crippen molar-refractivity contribution in [3.8, 4) is 0 Å². The molecule has 0 aromatic heterocycles. The maximum atomic E-state index is 11.2. The van der Waals surface area contributed by atoms with E-state index in [0.717, 1.165) is 25.9 Å². The van der Waals surface area contributed by atoms with Gasteiger partial charge in [-0.3, -0.25) is 0 Å². The van der Waals surface area contributed by atoms with E-state index in [1.54, 1.807) is 0 Å². The first-order valence-corrected chi connectivity index (χ1v) is 6.58. The normalized spacial score (nSPS) is 23.6. The monoisotopic (exact) mass is 222 g/mol. The molecule has 84 valence electrons. The lowest BCUT2D eigenvalue weighted by Crippen LogP contribution is -2.37. The zero-order valence-corrected chi connectivity index (χ0v) is 9.05. The van der Waals surface area contributed by atoms with Crippen molar-refractivity contribution >= 4 is 10.0 Å². The van der Waals surface area contributed by atoms with Gasteiger partial charge in [-0.25, -0.2) is 13.1 Å². The first-order chi connectivity index (χ1) is 6.64. The van der Waals surface area contributed by atoms with Crippen LogP contribution in [-0.2, 0) is 14.8 Å². The van der Waals surface area contributed by atoms with E-state index in [2.05, 4.69) is 4.72 Å². The van der Waals surface area contributed by atoms with Crippen molar-refractivity contribution in [1.82, 2.24) is 4.72 Å². The number of nitrogens with one attached hydrogen (secondary N) is 1. The van der Waals surface area contributed by atoms with Gasteiger partial charge in [0.2, 0.25) is 10.0 Å². The van der Waals surface area contributed by atoms with Crippen LogP contribution in [-0.4, -0.2) is 40.0 Å². The molecule has 0 amide bonds. The summed E-state index contributed by atoms with van der Waals surface area (Å²) < 4.78 is 30.3. The fourth-order valence-electron chi connectivity index (χ4n) is 1.42. The summed E-state index contributed by atoms with van der Waals surface area (Å²) in [6.07, 6.45) is 3.16. The first-order valence-electron chi connectivity index (χ1n) is 4.93. The van der Waals surface area contributed by atoms with Crippen molar-refractivity contribution in [2.75, 3.05) is 25.4 Å². The van der Waals surface area contributed by atoms with Crippen LogP contribution in [0, 0.1) is 0 Å². The molecule has 0 aromatic rings. The van der Waals surface area contributed by atoms with Crippen LogP contribution in [0.25, 0.3) is 0 Å². The fraction of sp³-hybridized carbons (Fsp3) is 1.00. The van der Waals surface area contributed by atoms with Crippen molar-refractivity contribution in [1.29, 1.82) is 0 Å². The van der Waals surface area contributed by atoms with Crippen LogP contribution in [0.3, 0.4) is 0 Å². The molecule has 1 saturated heterocycles. The van der Waals surface area contributed by atoms with Crippen LogP contribution in [0.2, 0.25) is 0 Å². The van der Waals surface area contributed by atoms with Gasteiger partial charge in [0.05, 0.1) is 11.9 Å². The van der Waals surface area contributed by atoms with E-state index in [0.29, 0.717) is 6.54 Å². The summed E-state index contributed by atoms with van der Waals surface area (Å²) in [6.45, 7) is 1.27. The highest BCUT2D eigenvalue weighted by Crippen LogP contribution is 2.11. The molecule has 6 heteroatoms. The molecule has 0 spiro atoms. The maximum absolute atomic E-state index is 11.2. The fourth-order valence-corrected chi connectivity index (χ4v) is 2.31. The van der Waals surface area contributed by atoms with Crippen LogP contribution < -0.4 is 10.5 Å². The van der Waals surface area contributed by atoms with Gasteiger partial charge in [0.1, 0.15) is 0 Å². The smallest absolute Gasteiger partial charge is 0.212 e.